The fourth-order valence-electron chi connectivity index (χ4n) is 2.67. The molecule has 2 amide bonds. The molecular weight excluding hydrogens is 534 g/mol. The van der Waals surface area contributed by atoms with E-state index >= 15 is 0 Å². The number of aromatic amines is 1. The zero-order valence-electron chi connectivity index (χ0n) is 16.5. The molecule has 1 aliphatic heterocycles. The van der Waals surface area contributed by atoms with Crippen LogP contribution in [-0.4, -0.2) is 32.3 Å². The van der Waals surface area contributed by atoms with Crippen molar-refractivity contribution in [1.82, 2.24) is 4.98 Å². The summed E-state index contributed by atoms with van der Waals surface area (Å²) in [6.45, 7) is 0. The Labute approximate surface area is 202 Å². The van der Waals surface area contributed by atoms with Gasteiger partial charge in [0.1, 0.15) is 16.1 Å². The van der Waals surface area contributed by atoms with Crippen LogP contribution in [0.1, 0.15) is 11.3 Å². The molecule has 13 heteroatoms. The number of anilines is 1. The van der Waals surface area contributed by atoms with E-state index in [1.54, 1.807) is 36.4 Å². The third kappa shape index (κ3) is 6.15. The number of amides is 2. The normalized spacial score (nSPS) is 17.2. The monoisotopic (exact) mass is 547 g/mol. The lowest BCUT2D eigenvalue weighted by Gasteiger charge is -2.07. The Kier molecular flexibility index (Phi) is 7.01. The van der Waals surface area contributed by atoms with Gasteiger partial charge in [0.15, 0.2) is 0 Å². The maximum absolute atomic E-state index is 12.2. The van der Waals surface area contributed by atoms with E-state index in [0.29, 0.717) is 21.4 Å². The summed E-state index contributed by atoms with van der Waals surface area (Å²) in [4.78, 5) is 41.6. The number of aromatic nitrogens is 1. The number of halogens is 1. The van der Waals surface area contributed by atoms with Gasteiger partial charge in [0.2, 0.25) is 17.0 Å². The Balaban J connectivity index is 1.35. The predicted octanol–water partition coefficient (Wildman–Crippen LogP) is 2.54. The lowest BCUT2D eigenvalue weighted by atomic mass is 10.2. The number of aliphatic imine (C=N–C) groups is 1. The van der Waals surface area contributed by atoms with Crippen LogP contribution in [0.5, 0.6) is 5.88 Å². The summed E-state index contributed by atoms with van der Waals surface area (Å²) in [6, 6.07) is 10.4. The number of hydrogen-bond acceptors (Lipinski definition) is 9. The van der Waals surface area contributed by atoms with Crippen LogP contribution in [0.25, 0.3) is 12.3 Å². The minimum atomic E-state index is -0.666. The SMILES string of the molecule is O=C(CC1SC(N=N/C=c2\cc/c(=C\c3sc(=O)[nH]c3O)o2)=NC1=O)Nc1ccc(Br)cc1. The van der Waals surface area contributed by atoms with Gasteiger partial charge in [-0.3, -0.25) is 19.4 Å². The first-order chi connectivity index (χ1) is 15.9. The summed E-state index contributed by atoms with van der Waals surface area (Å²) in [6.07, 6.45) is 2.80. The average molecular weight is 548 g/mol. The number of hydrogen-bond donors (Lipinski definition) is 3. The number of carbonyl (C=O) groups is 2. The Morgan fingerprint density at radius 2 is 2.00 bits per heavy atom. The van der Waals surface area contributed by atoms with Crippen molar-refractivity contribution in [3.05, 3.63) is 66.2 Å². The highest BCUT2D eigenvalue weighted by atomic mass is 79.9. The first-order valence-corrected chi connectivity index (χ1v) is 11.8. The molecule has 0 aliphatic carbocycles. The van der Waals surface area contributed by atoms with E-state index in [0.717, 1.165) is 27.6 Å². The van der Waals surface area contributed by atoms with Crippen LogP contribution < -0.4 is 21.0 Å². The summed E-state index contributed by atoms with van der Waals surface area (Å²) in [5.74, 6) is -0.978. The lowest BCUT2D eigenvalue weighted by molar-refractivity contribution is -0.121. The molecule has 33 heavy (non-hydrogen) atoms. The summed E-state index contributed by atoms with van der Waals surface area (Å²) < 4.78 is 6.41. The van der Waals surface area contributed by atoms with Crippen molar-refractivity contribution < 1.29 is 19.1 Å². The smallest absolute Gasteiger partial charge is 0.307 e. The number of thiazole rings is 1. The van der Waals surface area contributed by atoms with Gasteiger partial charge in [-0.2, -0.15) is 10.1 Å². The number of H-pyrrole nitrogens is 1. The summed E-state index contributed by atoms with van der Waals surface area (Å²) >= 11 is 5.24. The number of furan rings is 1. The van der Waals surface area contributed by atoms with Crippen LogP contribution in [0.2, 0.25) is 0 Å². The third-order valence-electron chi connectivity index (χ3n) is 4.13. The van der Waals surface area contributed by atoms with Crippen molar-refractivity contribution in [2.75, 3.05) is 5.32 Å². The molecule has 0 bridgehead atoms. The molecule has 1 aliphatic rings. The van der Waals surface area contributed by atoms with Crippen LogP contribution in [0.3, 0.4) is 0 Å². The van der Waals surface area contributed by atoms with Crippen LogP contribution in [0.15, 0.2) is 65.3 Å². The van der Waals surface area contributed by atoms with Crippen LogP contribution in [0, 0.1) is 0 Å². The molecule has 168 valence electrons. The van der Waals surface area contributed by atoms with E-state index in [9.17, 15) is 19.5 Å². The van der Waals surface area contributed by atoms with Gasteiger partial charge in [-0.15, -0.1) is 5.11 Å². The van der Waals surface area contributed by atoms with E-state index in [2.05, 4.69) is 41.5 Å². The molecule has 0 saturated carbocycles. The second-order valence-corrected chi connectivity index (χ2v) is 9.66. The molecule has 4 rings (SSSR count). The van der Waals surface area contributed by atoms with Crippen molar-refractivity contribution in [2.24, 2.45) is 15.2 Å². The molecule has 1 aromatic carbocycles. The van der Waals surface area contributed by atoms with Crippen molar-refractivity contribution >= 4 is 74.0 Å². The molecule has 0 saturated heterocycles. The standard InChI is InChI=1S/C20H14BrN5O5S2/c21-10-1-3-11(4-2-10)23-16(27)8-15-17(28)24-19(32-15)26-22-9-13-6-5-12(31-13)7-14-18(29)25-20(30)33-14/h1-7,9,15,29H,8H2,(H,23,27)(H,25,30)/b12-7+,13-9+,26-22?. The Morgan fingerprint density at radius 3 is 2.73 bits per heavy atom. The van der Waals surface area contributed by atoms with E-state index < -0.39 is 11.2 Å². The number of nitrogens with zero attached hydrogens (tertiary/aromatic N) is 3. The second-order valence-electron chi connectivity index (χ2n) is 6.55. The van der Waals surface area contributed by atoms with E-state index in [4.69, 9.17) is 4.42 Å². The molecule has 2 aromatic heterocycles. The largest absolute Gasteiger partial charge is 0.493 e. The van der Waals surface area contributed by atoms with Crippen LogP contribution in [-0.2, 0) is 9.59 Å². The number of carbonyl (C=O) groups excluding carboxylic acids is 2. The fraction of sp³-hybridized carbons (Fsp3) is 0.100. The molecule has 0 radical (unpaired) electrons. The number of thioether (sulfide) groups is 1. The van der Waals surface area contributed by atoms with Crippen molar-refractivity contribution in [3.8, 4) is 5.88 Å². The van der Waals surface area contributed by atoms with Crippen molar-refractivity contribution in [3.63, 3.8) is 0 Å². The predicted molar refractivity (Wildman–Crippen MR) is 129 cm³/mol. The van der Waals surface area contributed by atoms with E-state index in [1.807, 2.05) is 0 Å². The second kappa shape index (κ2) is 10.1. The molecule has 3 heterocycles. The quantitative estimate of drug-likeness (QED) is 0.417. The molecule has 1 unspecified atom stereocenters. The molecule has 0 fully saturated rings. The first-order valence-electron chi connectivity index (χ1n) is 9.31. The summed E-state index contributed by atoms with van der Waals surface area (Å²) in [5, 5.41) is 19.6. The third-order valence-corrected chi connectivity index (χ3v) is 6.52. The number of amidine groups is 1. The number of rotatable bonds is 5. The topological polar surface area (TPSA) is 149 Å². The van der Waals surface area contributed by atoms with E-state index in [-0.39, 0.29) is 28.2 Å². The van der Waals surface area contributed by atoms with Gasteiger partial charge >= 0.3 is 4.87 Å². The van der Waals surface area contributed by atoms with Gasteiger partial charge < -0.3 is 14.8 Å². The highest BCUT2D eigenvalue weighted by Crippen LogP contribution is 2.26. The average Bonchev–Trinajstić information content (AvgIpc) is 3.44. The highest BCUT2D eigenvalue weighted by Gasteiger charge is 2.30. The van der Waals surface area contributed by atoms with Crippen molar-refractivity contribution in [1.29, 1.82) is 0 Å². The maximum atomic E-state index is 12.2. The number of aromatic hydroxyl groups is 1. The molecular formula is C20H14BrN5O5S2. The Hall–Kier alpha value is -3.29. The van der Waals surface area contributed by atoms with Crippen LogP contribution >= 0.6 is 39.0 Å². The van der Waals surface area contributed by atoms with E-state index in [1.165, 1.54) is 12.3 Å². The van der Waals surface area contributed by atoms with Crippen LogP contribution in [0.4, 0.5) is 5.69 Å². The Bertz CT molecular complexity index is 1440. The molecule has 3 aromatic rings. The lowest BCUT2D eigenvalue weighted by Crippen LogP contribution is -2.21. The van der Waals surface area contributed by atoms with Crippen molar-refractivity contribution in [2.45, 2.75) is 11.7 Å². The zero-order chi connectivity index (χ0) is 23.4. The number of benzene rings is 1. The minimum absolute atomic E-state index is 0.0404. The highest BCUT2D eigenvalue weighted by molar-refractivity contribution is 9.10. The number of nitrogens with one attached hydrogen (secondary N) is 2. The molecule has 3 N–H and O–H groups in total. The van der Waals surface area contributed by atoms with Gasteiger partial charge in [-0.05, 0) is 36.4 Å². The first kappa shape index (κ1) is 22.9. The van der Waals surface area contributed by atoms with Gasteiger partial charge in [-0.1, -0.05) is 39.0 Å². The van der Waals surface area contributed by atoms with Gasteiger partial charge in [0.05, 0.1) is 11.1 Å². The Morgan fingerprint density at radius 1 is 1.24 bits per heavy atom. The minimum Gasteiger partial charge on any atom is -0.493 e. The fourth-order valence-corrected chi connectivity index (χ4v) is 4.48. The molecule has 1 atom stereocenters. The maximum Gasteiger partial charge on any atom is 0.307 e. The summed E-state index contributed by atoms with van der Waals surface area (Å²) in [7, 11) is 0. The van der Waals surface area contributed by atoms with Gasteiger partial charge in [-0.25, -0.2) is 0 Å². The molecule has 10 nitrogen and oxygen atoms in total. The zero-order valence-corrected chi connectivity index (χ0v) is 19.7. The van der Waals surface area contributed by atoms with Gasteiger partial charge in [0, 0.05) is 22.7 Å². The summed E-state index contributed by atoms with van der Waals surface area (Å²) in [5.41, 5.74) is 1.40. The number of azo groups is 1. The van der Waals surface area contributed by atoms with Gasteiger partial charge in [0.25, 0.3) is 5.91 Å². The molecule has 0 spiro atoms.